The zero-order chi connectivity index (χ0) is 12.3. The van der Waals surface area contributed by atoms with Crippen molar-refractivity contribution in [2.75, 3.05) is 26.7 Å². The predicted molar refractivity (Wildman–Crippen MR) is 73.3 cm³/mol. The van der Waals surface area contributed by atoms with Gasteiger partial charge in [-0.25, -0.2) is 0 Å². The van der Waals surface area contributed by atoms with E-state index < -0.39 is 0 Å². The summed E-state index contributed by atoms with van der Waals surface area (Å²) in [5.74, 6) is 1.29. The van der Waals surface area contributed by atoms with Crippen molar-refractivity contribution in [1.82, 2.24) is 10.2 Å². The molecule has 0 spiro atoms. The Bertz CT molecular complexity index is 334. The van der Waals surface area contributed by atoms with Crippen LogP contribution in [0.25, 0.3) is 0 Å². The van der Waals surface area contributed by atoms with Gasteiger partial charge in [-0.05, 0) is 18.5 Å². The van der Waals surface area contributed by atoms with Gasteiger partial charge in [0.25, 0.3) is 0 Å². The lowest BCUT2D eigenvalue weighted by Crippen LogP contribution is -2.52. The topological polar surface area (TPSA) is 15.3 Å². The average Bonchev–Trinajstić information content (AvgIpc) is 2.33. The quantitative estimate of drug-likeness (QED) is 0.860. The number of benzene rings is 1. The van der Waals surface area contributed by atoms with Gasteiger partial charge in [-0.2, -0.15) is 0 Å². The third kappa shape index (κ3) is 2.88. The summed E-state index contributed by atoms with van der Waals surface area (Å²) in [5, 5.41) is 3.53. The molecular weight excluding hydrogens is 208 g/mol. The van der Waals surface area contributed by atoms with E-state index in [4.69, 9.17) is 0 Å². The van der Waals surface area contributed by atoms with Gasteiger partial charge in [0.1, 0.15) is 0 Å². The largest absolute Gasteiger partial charge is 0.314 e. The SMILES string of the molecule is CC(C)C(c1ccccc1)C1CNCCN1C. The Morgan fingerprint density at radius 3 is 2.53 bits per heavy atom. The fourth-order valence-electron chi connectivity index (χ4n) is 2.95. The van der Waals surface area contributed by atoms with Crippen LogP contribution in [0.1, 0.15) is 25.3 Å². The molecule has 0 saturated carbocycles. The zero-order valence-electron chi connectivity index (χ0n) is 11.2. The Morgan fingerprint density at radius 1 is 1.24 bits per heavy atom. The van der Waals surface area contributed by atoms with Crippen LogP contribution in [0.4, 0.5) is 0 Å². The molecule has 2 unspecified atom stereocenters. The molecule has 0 aliphatic carbocycles. The highest BCUT2D eigenvalue weighted by Gasteiger charge is 2.30. The molecule has 1 heterocycles. The van der Waals surface area contributed by atoms with E-state index in [-0.39, 0.29) is 0 Å². The molecule has 1 aliphatic heterocycles. The van der Waals surface area contributed by atoms with E-state index >= 15 is 0 Å². The van der Waals surface area contributed by atoms with E-state index in [2.05, 4.69) is 61.4 Å². The van der Waals surface area contributed by atoms with E-state index in [9.17, 15) is 0 Å². The molecule has 2 heteroatoms. The van der Waals surface area contributed by atoms with Crippen LogP contribution in [0.2, 0.25) is 0 Å². The molecule has 0 radical (unpaired) electrons. The van der Waals surface area contributed by atoms with Crippen LogP contribution in [-0.4, -0.2) is 37.6 Å². The van der Waals surface area contributed by atoms with Crippen LogP contribution in [-0.2, 0) is 0 Å². The third-order valence-corrected chi connectivity index (χ3v) is 3.88. The average molecular weight is 232 g/mol. The number of piperazine rings is 1. The van der Waals surface area contributed by atoms with Crippen LogP contribution in [0.3, 0.4) is 0 Å². The summed E-state index contributed by atoms with van der Waals surface area (Å²) >= 11 is 0. The van der Waals surface area contributed by atoms with Gasteiger partial charge in [0, 0.05) is 31.6 Å². The fraction of sp³-hybridized carbons (Fsp3) is 0.600. The molecule has 1 aromatic rings. The Balaban J connectivity index is 2.22. The maximum atomic E-state index is 3.53. The van der Waals surface area contributed by atoms with Crippen molar-refractivity contribution in [2.45, 2.75) is 25.8 Å². The molecule has 0 bridgehead atoms. The summed E-state index contributed by atoms with van der Waals surface area (Å²) in [6, 6.07) is 11.6. The van der Waals surface area contributed by atoms with Crippen molar-refractivity contribution in [3.05, 3.63) is 35.9 Å². The van der Waals surface area contributed by atoms with Gasteiger partial charge in [0.05, 0.1) is 0 Å². The van der Waals surface area contributed by atoms with Crippen LogP contribution >= 0.6 is 0 Å². The standard InChI is InChI=1S/C15H24N2/c1-12(2)15(13-7-5-4-6-8-13)14-11-16-9-10-17(14)3/h4-8,12,14-16H,9-11H2,1-3H3. The minimum absolute atomic E-state index is 0.617. The summed E-state index contributed by atoms with van der Waals surface area (Å²) < 4.78 is 0. The summed E-state index contributed by atoms with van der Waals surface area (Å²) in [5.41, 5.74) is 1.48. The molecule has 1 aromatic carbocycles. The fourth-order valence-corrected chi connectivity index (χ4v) is 2.95. The first-order valence-corrected chi connectivity index (χ1v) is 6.66. The molecule has 2 atom stereocenters. The first-order chi connectivity index (χ1) is 8.20. The zero-order valence-corrected chi connectivity index (χ0v) is 11.2. The number of hydrogen-bond acceptors (Lipinski definition) is 2. The molecule has 17 heavy (non-hydrogen) atoms. The lowest BCUT2D eigenvalue weighted by Gasteiger charge is -2.40. The molecule has 1 N–H and O–H groups in total. The molecule has 1 saturated heterocycles. The Labute approximate surface area is 105 Å². The van der Waals surface area contributed by atoms with Crippen LogP contribution in [0, 0.1) is 5.92 Å². The Morgan fingerprint density at radius 2 is 1.94 bits per heavy atom. The lowest BCUT2D eigenvalue weighted by atomic mass is 9.81. The first kappa shape index (κ1) is 12.6. The maximum Gasteiger partial charge on any atom is 0.0289 e. The van der Waals surface area contributed by atoms with E-state index in [1.807, 2.05) is 0 Å². The van der Waals surface area contributed by atoms with Gasteiger partial charge in [0.15, 0.2) is 0 Å². The van der Waals surface area contributed by atoms with Crippen molar-refractivity contribution in [3.8, 4) is 0 Å². The highest BCUT2D eigenvalue weighted by atomic mass is 15.2. The summed E-state index contributed by atoms with van der Waals surface area (Å²) in [6.45, 7) is 8.04. The smallest absolute Gasteiger partial charge is 0.0289 e. The van der Waals surface area contributed by atoms with Gasteiger partial charge in [0.2, 0.25) is 0 Å². The van der Waals surface area contributed by atoms with Crippen LogP contribution < -0.4 is 5.32 Å². The molecule has 0 amide bonds. The first-order valence-electron chi connectivity index (χ1n) is 6.66. The van der Waals surface area contributed by atoms with Gasteiger partial charge < -0.3 is 10.2 Å². The second-order valence-electron chi connectivity index (χ2n) is 5.43. The molecule has 0 aromatic heterocycles. The van der Waals surface area contributed by atoms with Gasteiger partial charge >= 0.3 is 0 Å². The van der Waals surface area contributed by atoms with Crippen molar-refractivity contribution < 1.29 is 0 Å². The minimum Gasteiger partial charge on any atom is -0.314 e. The highest BCUT2D eigenvalue weighted by molar-refractivity contribution is 5.22. The number of likely N-dealkylation sites (N-methyl/N-ethyl adjacent to an activating group) is 1. The Hall–Kier alpha value is -0.860. The second kappa shape index (κ2) is 5.65. The lowest BCUT2D eigenvalue weighted by molar-refractivity contribution is 0.153. The van der Waals surface area contributed by atoms with E-state index in [0.29, 0.717) is 17.9 Å². The van der Waals surface area contributed by atoms with Gasteiger partial charge in [-0.15, -0.1) is 0 Å². The molecule has 1 aliphatic rings. The molecule has 94 valence electrons. The van der Waals surface area contributed by atoms with Crippen LogP contribution in [0.5, 0.6) is 0 Å². The summed E-state index contributed by atoms with van der Waals surface area (Å²) in [6.07, 6.45) is 0. The molecular formula is C15H24N2. The van der Waals surface area contributed by atoms with Crippen molar-refractivity contribution in [2.24, 2.45) is 5.92 Å². The van der Waals surface area contributed by atoms with Gasteiger partial charge in [-0.1, -0.05) is 44.2 Å². The normalized spacial score (nSPS) is 23.9. The number of nitrogens with zero attached hydrogens (tertiary/aromatic N) is 1. The summed E-state index contributed by atoms with van der Waals surface area (Å²) in [7, 11) is 2.25. The van der Waals surface area contributed by atoms with Crippen molar-refractivity contribution in [1.29, 1.82) is 0 Å². The number of hydrogen-bond donors (Lipinski definition) is 1. The Kier molecular flexibility index (Phi) is 4.19. The van der Waals surface area contributed by atoms with Gasteiger partial charge in [-0.3, -0.25) is 0 Å². The van der Waals surface area contributed by atoms with E-state index in [1.54, 1.807) is 0 Å². The van der Waals surface area contributed by atoms with Crippen molar-refractivity contribution >= 4 is 0 Å². The number of rotatable bonds is 3. The molecule has 2 rings (SSSR count). The van der Waals surface area contributed by atoms with E-state index in [1.165, 1.54) is 5.56 Å². The second-order valence-corrected chi connectivity index (χ2v) is 5.43. The predicted octanol–water partition coefficient (Wildman–Crippen LogP) is 2.33. The monoisotopic (exact) mass is 232 g/mol. The third-order valence-electron chi connectivity index (χ3n) is 3.88. The number of nitrogens with one attached hydrogen (secondary N) is 1. The summed E-state index contributed by atoms with van der Waals surface area (Å²) in [4.78, 5) is 2.51. The molecule has 2 nitrogen and oxygen atoms in total. The maximum absolute atomic E-state index is 3.53. The molecule has 1 fully saturated rings. The van der Waals surface area contributed by atoms with Crippen LogP contribution in [0.15, 0.2) is 30.3 Å². The minimum atomic E-state index is 0.617. The highest BCUT2D eigenvalue weighted by Crippen LogP contribution is 2.30. The van der Waals surface area contributed by atoms with Crippen molar-refractivity contribution in [3.63, 3.8) is 0 Å². The van der Waals surface area contributed by atoms with E-state index in [0.717, 1.165) is 19.6 Å².